The molecule has 0 unspecified atom stereocenters. The Morgan fingerprint density at radius 1 is 1.05 bits per heavy atom. The number of hydrogen-bond acceptors (Lipinski definition) is 2. The smallest absolute Gasteiger partial charge is 0.0804 e. The maximum Gasteiger partial charge on any atom is 0.0804 e. The first kappa shape index (κ1) is 12.6. The number of aryl methyl sites for hydroxylation is 1. The zero-order chi connectivity index (χ0) is 14.2. The third-order valence-electron chi connectivity index (χ3n) is 4.46. The van der Waals surface area contributed by atoms with E-state index in [2.05, 4.69) is 48.6 Å². The molecule has 0 aliphatic heterocycles. The molecule has 1 N–H and O–H groups in total. The zero-order valence-corrected chi connectivity index (χ0v) is 12.4. The lowest BCUT2D eigenvalue weighted by Crippen LogP contribution is -2.05. The van der Waals surface area contributed by atoms with Crippen molar-refractivity contribution in [3.8, 4) is 0 Å². The van der Waals surface area contributed by atoms with E-state index in [0.717, 1.165) is 31.3 Å². The molecule has 2 nitrogen and oxygen atoms in total. The highest BCUT2D eigenvalue weighted by Crippen LogP contribution is 2.36. The van der Waals surface area contributed by atoms with Crippen molar-refractivity contribution in [2.24, 2.45) is 0 Å². The Morgan fingerprint density at radius 2 is 1.95 bits per heavy atom. The Morgan fingerprint density at radius 3 is 2.86 bits per heavy atom. The summed E-state index contributed by atoms with van der Waals surface area (Å²) in [5, 5.41) is 7.49. The van der Waals surface area contributed by atoms with Gasteiger partial charge in [0, 0.05) is 28.7 Å². The van der Waals surface area contributed by atoms with E-state index in [1.165, 1.54) is 39.5 Å². The predicted octanol–water partition coefficient (Wildman–Crippen LogP) is 4.70. The monoisotopic (exact) mass is 276 g/mol. The number of rotatable bonds is 3. The zero-order valence-electron chi connectivity index (χ0n) is 12.4. The number of benzene rings is 2. The minimum Gasteiger partial charge on any atom is -0.384 e. The van der Waals surface area contributed by atoms with E-state index >= 15 is 0 Å². The molecule has 1 aromatic heterocycles. The van der Waals surface area contributed by atoms with Crippen LogP contribution in [0.25, 0.3) is 21.7 Å². The molecule has 2 aromatic carbocycles. The van der Waals surface area contributed by atoms with Gasteiger partial charge < -0.3 is 5.32 Å². The minimum absolute atomic E-state index is 1.03. The van der Waals surface area contributed by atoms with E-state index in [-0.39, 0.29) is 0 Å². The molecule has 1 aliphatic rings. The molecule has 0 spiro atoms. The lowest BCUT2D eigenvalue weighted by atomic mass is 10.0. The van der Waals surface area contributed by atoms with Gasteiger partial charge in [-0.1, -0.05) is 43.3 Å². The third kappa shape index (κ3) is 1.98. The normalized spacial score (nSPS) is 13.8. The summed E-state index contributed by atoms with van der Waals surface area (Å²) in [4.78, 5) is 5.01. The van der Waals surface area contributed by atoms with Crippen molar-refractivity contribution in [2.45, 2.75) is 32.6 Å². The van der Waals surface area contributed by atoms with E-state index in [1.54, 1.807) is 0 Å². The fraction of sp³-hybridized carbons (Fsp3) is 0.316. The van der Waals surface area contributed by atoms with Crippen LogP contribution in [0.5, 0.6) is 0 Å². The molecule has 21 heavy (non-hydrogen) atoms. The Labute approximate surface area is 125 Å². The lowest BCUT2D eigenvalue weighted by molar-refractivity contribution is 0.900. The number of aromatic nitrogens is 1. The van der Waals surface area contributed by atoms with Crippen molar-refractivity contribution >= 4 is 27.4 Å². The molecule has 0 radical (unpaired) electrons. The molecule has 0 atom stereocenters. The average Bonchev–Trinajstić information content (AvgIpc) is 2.99. The van der Waals surface area contributed by atoms with Crippen LogP contribution >= 0.6 is 0 Å². The number of hydrogen-bond donors (Lipinski definition) is 1. The van der Waals surface area contributed by atoms with Gasteiger partial charge in [0.15, 0.2) is 0 Å². The Balaban J connectivity index is 2.06. The van der Waals surface area contributed by atoms with Crippen LogP contribution < -0.4 is 5.32 Å². The van der Waals surface area contributed by atoms with Crippen LogP contribution in [0.15, 0.2) is 36.4 Å². The van der Waals surface area contributed by atoms with Gasteiger partial charge in [0.2, 0.25) is 0 Å². The summed E-state index contributed by atoms with van der Waals surface area (Å²) >= 11 is 0. The SMILES string of the molecule is CCCNc1c2c(nc3c1ccc1ccccc13)CCC2. The van der Waals surface area contributed by atoms with Crippen molar-refractivity contribution < 1.29 is 0 Å². The number of nitrogens with one attached hydrogen (secondary N) is 1. The summed E-state index contributed by atoms with van der Waals surface area (Å²) in [5.74, 6) is 0. The second kappa shape index (κ2) is 5.03. The summed E-state index contributed by atoms with van der Waals surface area (Å²) < 4.78 is 0. The van der Waals surface area contributed by atoms with E-state index in [0.29, 0.717) is 0 Å². The van der Waals surface area contributed by atoms with E-state index in [4.69, 9.17) is 4.98 Å². The predicted molar refractivity (Wildman–Crippen MR) is 90.1 cm³/mol. The molecule has 106 valence electrons. The molecule has 3 aromatic rings. The Hall–Kier alpha value is -2.09. The van der Waals surface area contributed by atoms with Gasteiger partial charge in [0.25, 0.3) is 0 Å². The highest BCUT2D eigenvalue weighted by atomic mass is 14.9. The highest BCUT2D eigenvalue weighted by molar-refractivity contribution is 6.09. The van der Waals surface area contributed by atoms with Crippen molar-refractivity contribution in [1.29, 1.82) is 0 Å². The maximum atomic E-state index is 5.01. The van der Waals surface area contributed by atoms with E-state index < -0.39 is 0 Å². The van der Waals surface area contributed by atoms with Gasteiger partial charge in [-0.2, -0.15) is 0 Å². The molecule has 0 fully saturated rings. The quantitative estimate of drug-likeness (QED) is 0.701. The van der Waals surface area contributed by atoms with Gasteiger partial charge in [-0.25, -0.2) is 0 Å². The van der Waals surface area contributed by atoms with Crippen LogP contribution in [-0.2, 0) is 12.8 Å². The standard InChI is InChI=1S/C19H20N2/c1-2-12-20-18-15-8-5-9-17(15)21-19-14-7-4-3-6-13(14)10-11-16(18)19/h3-4,6-7,10-11H,2,5,8-9,12H2,1H3,(H,20,21). The Bertz CT molecular complexity index is 821. The molecule has 1 aliphatic carbocycles. The molecule has 0 saturated heterocycles. The average molecular weight is 276 g/mol. The molecule has 4 rings (SSSR count). The second-order valence-electron chi connectivity index (χ2n) is 5.88. The first-order chi connectivity index (χ1) is 10.4. The summed E-state index contributed by atoms with van der Waals surface area (Å²) in [7, 11) is 0. The van der Waals surface area contributed by atoms with Gasteiger partial charge in [-0.15, -0.1) is 0 Å². The van der Waals surface area contributed by atoms with Gasteiger partial charge in [0.1, 0.15) is 0 Å². The van der Waals surface area contributed by atoms with Gasteiger partial charge in [-0.3, -0.25) is 4.98 Å². The first-order valence-corrected chi connectivity index (χ1v) is 7.95. The highest BCUT2D eigenvalue weighted by Gasteiger charge is 2.20. The fourth-order valence-corrected chi connectivity index (χ4v) is 3.45. The number of nitrogens with zero attached hydrogens (tertiary/aromatic N) is 1. The largest absolute Gasteiger partial charge is 0.384 e. The van der Waals surface area contributed by atoms with Crippen molar-refractivity contribution in [3.05, 3.63) is 47.7 Å². The number of fused-ring (bicyclic) bond motifs is 4. The van der Waals surface area contributed by atoms with Crippen LogP contribution in [0.4, 0.5) is 5.69 Å². The summed E-state index contributed by atoms with van der Waals surface area (Å²) in [6.45, 7) is 3.24. The van der Waals surface area contributed by atoms with Crippen molar-refractivity contribution in [2.75, 3.05) is 11.9 Å². The lowest BCUT2D eigenvalue weighted by Gasteiger charge is -2.15. The molecule has 2 heteroatoms. The second-order valence-corrected chi connectivity index (χ2v) is 5.88. The van der Waals surface area contributed by atoms with Crippen LogP contribution in [0.3, 0.4) is 0 Å². The Kier molecular flexibility index (Phi) is 3.03. The topological polar surface area (TPSA) is 24.9 Å². The van der Waals surface area contributed by atoms with Crippen LogP contribution in [-0.4, -0.2) is 11.5 Å². The summed E-state index contributed by atoms with van der Waals surface area (Å²) in [6.07, 6.45) is 4.66. The van der Waals surface area contributed by atoms with Crippen LogP contribution in [0, 0.1) is 0 Å². The molecule has 0 bridgehead atoms. The van der Waals surface area contributed by atoms with Crippen LogP contribution in [0.2, 0.25) is 0 Å². The summed E-state index contributed by atoms with van der Waals surface area (Å²) in [5.41, 5.74) is 5.25. The molecule has 1 heterocycles. The van der Waals surface area contributed by atoms with E-state index in [1.807, 2.05) is 0 Å². The van der Waals surface area contributed by atoms with E-state index in [9.17, 15) is 0 Å². The molecular formula is C19H20N2. The maximum absolute atomic E-state index is 5.01. The first-order valence-electron chi connectivity index (χ1n) is 7.95. The van der Waals surface area contributed by atoms with Gasteiger partial charge in [-0.05, 0) is 36.6 Å². The summed E-state index contributed by atoms with van der Waals surface area (Å²) in [6, 6.07) is 13.0. The fourth-order valence-electron chi connectivity index (χ4n) is 3.45. The minimum atomic E-state index is 1.03. The van der Waals surface area contributed by atoms with Crippen molar-refractivity contribution in [1.82, 2.24) is 4.98 Å². The molecule has 0 amide bonds. The van der Waals surface area contributed by atoms with Crippen molar-refractivity contribution in [3.63, 3.8) is 0 Å². The number of anilines is 1. The molecular weight excluding hydrogens is 256 g/mol. The third-order valence-corrected chi connectivity index (χ3v) is 4.46. The van der Waals surface area contributed by atoms with Gasteiger partial charge in [0.05, 0.1) is 5.52 Å². The number of pyridine rings is 1. The van der Waals surface area contributed by atoms with Crippen LogP contribution in [0.1, 0.15) is 31.0 Å². The van der Waals surface area contributed by atoms with Gasteiger partial charge >= 0.3 is 0 Å². The molecule has 0 saturated carbocycles.